The van der Waals surface area contributed by atoms with Crippen molar-refractivity contribution in [3.8, 4) is 0 Å². The number of halogens is 1. The number of rotatable bonds is 6. The van der Waals surface area contributed by atoms with Crippen LogP contribution in [0.15, 0.2) is 18.2 Å². The number of amides is 2. The van der Waals surface area contributed by atoms with Crippen molar-refractivity contribution in [2.45, 2.75) is 52.2 Å². The summed E-state index contributed by atoms with van der Waals surface area (Å²) in [6, 6.07) is 4.22. The fourth-order valence-electron chi connectivity index (χ4n) is 1.95. The van der Waals surface area contributed by atoms with Crippen molar-refractivity contribution in [2.75, 3.05) is 6.54 Å². The third-order valence-electron chi connectivity index (χ3n) is 3.94. The van der Waals surface area contributed by atoms with E-state index >= 15 is 0 Å². The Bertz CT molecular complexity index is 487. The van der Waals surface area contributed by atoms with Gasteiger partial charge in [0.2, 0.25) is 0 Å². The molecule has 3 N–H and O–H groups in total. The van der Waals surface area contributed by atoms with E-state index in [-0.39, 0.29) is 24.4 Å². The van der Waals surface area contributed by atoms with Crippen LogP contribution in [0.2, 0.25) is 0 Å². The Labute approximate surface area is 125 Å². The zero-order chi connectivity index (χ0) is 16.0. The largest absolute Gasteiger partial charge is 0.388 e. The van der Waals surface area contributed by atoms with Crippen molar-refractivity contribution < 1.29 is 14.3 Å². The molecule has 0 saturated carbocycles. The van der Waals surface area contributed by atoms with Crippen LogP contribution in [0.5, 0.6) is 0 Å². The third-order valence-corrected chi connectivity index (χ3v) is 3.94. The first-order valence-electron chi connectivity index (χ1n) is 7.34. The molecule has 5 heteroatoms. The highest BCUT2D eigenvalue weighted by Crippen LogP contribution is 2.16. The molecule has 21 heavy (non-hydrogen) atoms. The number of hydrogen-bond donors (Lipinski definition) is 3. The normalized spacial score (nSPS) is 12.9. The lowest BCUT2D eigenvalue weighted by Crippen LogP contribution is -2.46. The van der Waals surface area contributed by atoms with Gasteiger partial charge in [0.1, 0.15) is 5.82 Å². The van der Waals surface area contributed by atoms with Crippen LogP contribution in [0, 0.1) is 12.7 Å². The number of carbonyl (C=O) groups excluding carboxylic acids is 1. The maximum atomic E-state index is 13.5. The number of nitrogens with one attached hydrogen (secondary N) is 2. The maximum absolute atomic E-state index is 13.5. The molecular formula is C16H25FN2O2. The van der Waals surface area contributed by atoms with Gasteiger partial charge >= 0.3 is 6.03 Å². The molecule has 0 fully saturated rings. The predicted molar refractivity (Wildman–Crippen MR) is 81.6 cm³/mol. The van der Waals surface area contributed by atoms with Gasteiger partial charge in [0.15, 0.2) is 0 Å². The van der Waals surface area contributed by atoms with Crippen LogP contribution in [0.3, 0.4) is 0 Å². The Balaban J connectivity index is 2.56. The fraction of sp³-hybridized carbons (Fsp3) is 0.562. The van der Waals surface area contributed by atoms with Gasteiger partial charge in [-0.2, -0.15) is 0 Å². The summed E-state index contributed by atoms with van der Waals surface area (Å²) in [6.45, 7) is 7.43. The topological polar surface area (TPSA) is 61.4 Å². The van der Waals surface area contributed by atoms with Gasteiger partial charge in [-0.3, -0.25) is 0 Å². The SMILES string of the molecule is CCC(O)(CC)CNC(=O)NC(C)c1ccc(C)c(F)c1. The van der Waals surface area contributed by atoms with Gasteiger partial charge in [-0.15, -0.1) is 0 Å². The molecule has 0 aliphatic heterocycles. The van der Waals surface area contributed by atoms with Crippen molar-refractivity contribution >= 4 is 6.03 Å². The van der Waals surface area contributed by atoms with Crippen molar-refractivity contribution in [1.29, 1.82) is 0 Å². The van der Waals surface area contributed by atoms with E-state index in [0.717, 1.165) is 0 Å². The Morgan fingerprint density at radius 2 is 2.00 bits per heavy atom. The minimum absolute atomic E-state index is 0.195. The molecule has 0 radical (unpaired) electrons. The summed E-state index contributed by atoms with van der Waals surface area (Å²) in [4.78, 5) is 11.8. The van der Waals surface area contributed by atoms with Gasteiger partial charge in [0.25, 0.3) is 0 Å². The lowest BCUT2D eigenvalue weighted by molar-refractivity contribution is 0.0349. The molecule has 0 bridgehead atoms. The van der Waals surface area contributed by atoms with Crippen molar-refractivity contribution in [1.82, 2.24) is 10.6 Å². The second kappa shape index (κ2) is 7.41. The zero-order valence-electron chi connectivity index (χ0n) is 13.2. The molecule has 1 aromatic rings. The molecule has 0 aliphatic carbocycles. The molecule has 1 aromatic carbocycles. The van der Waals surface area contributed by atoms with Crippen LogP contribution in [-0.2, 0) is 0 Å². The summed E-state index contributed by atoms with van der Waals surface area (Å²) in [6.07, 6.45) is 1.14. The molecule has 1 unspecified atom stereocenters. The smallest absolute Gasteiger partial charge is 0.315 e. The van der Waals surface area contributed by atoms with Gasteiger partial charge in [-0.25, -0.2) is 9.18 Å². The van der Waals surface area contributed by atoms with Crippen LogP contribution in [-0.4, -0.2) is 23.3 Å². The minimum Gasteiger partial charge on any atom is -0.388 e. The first-order chi connectivity index (χ1) is 9.81. The molecule has 0 saturated heterocycles. The Kier molecular flexibility index (Phi) is 6.15. The number of hydrogen-bond acceptors (Lipinski definition) is 2. The molecule has 0 aromatic heterocycles. The number of urea groups is 1. The molecule has 1 rings (SSSR count). The van der Waals surface area contributed by atoms with Crippen LogP contribution < -0.4 is 10.6 Å². The second-order valence-corrected chi connectivity index (χ2v) is 5.49. The van der Waals surface area contributed by atoms with E-state index in [1.54, 1.807) is 26.0 Å². The van der Waals surface area contributed by atoms with Gasteiger partial charge in [0, 0.05) is 6.54 Å². The van der Waals surface area contributed by atoms with Crippen LogP contribution >= 0.6 is 0 Å². The summed E-state index contributed by atoms with van der Waals surface area (Å²) < 4.78 is 13.5. The molecule has 0 spiro atoms. The Morgan fingerprint density at radius 1 is 1.38 bits per heavy atom. The van der Waals surface area contributed by atoms with E-state index in [4.69, 9.17) is 0 Å². The molecule has 2 amide bonds. The average molecular weight is 296 g/mol. The predicted octanol–water partition coefficient (Wildman–Crippen LogP) is 3.05. The summed E-state index contributed by atoms with van der Waals surface area (Å²) in [5.74, 6) is -0.284. The van der Waals surface area contributed by atoms with E-state index < -0.39 is 5.60 Å². The van der Waals surface area contributed by atoms with E-state index in [1.165, 1.54) is 6.07 Å². The standard InChI is InChI=1S/C16H25FN2O2/c1-5-16(21,6-2)10-18-15(20)19-12(4)13-8-7-11(3)14(17)9-13/h7-9,12,21H,5-6,10H2,1-4H3,(H2,18,19,20). The summed E-state index contributed by atoms with van der Waals surface area (Å²) in [7, 11) is 0. The molecule has 118 valence electrons. The second-order valence-electron chi connectivity index (χ2n) is 5.49. The monoisotopic (exact) mass is 296 g/mol. The first kappa shape index (κ1) is 17.4. The first-order valence-corrected chi connectivity index (χ1v) is 7.34. The van der Waals surface area contributed by atoms with Crippen LogP contribution in [0.25, 0.3) is 0 Å². The third kappa shape index (κ3) is 5.01. The number of aliphatic hydroxyl groups is 1. The van der Waals surface area contributed by atoms with Gasteiger partial charge in [-0.05, 0) is 43.9 Å². The summed E-state index contributed by atoms with van der Waals surface area (Å²) >= 11 is 0. The average Bonchev–Trinajstić information content (AvgIpc) is 2.47. The summed E-state index contributed by atoms with van der Waals surface area (Å²) in [5, 5.41) is 15.5. The van der Waals surface area contributed by atoms with Crippen molar-refractivity contribution in [3.05, 3.63) is 35.1 Å². The quantitative estimate of drug-likeness (QED) is 0.755. The fourth-order valence-corrected chi connectivity index (χ4v) is 1.95. The van der Waals surface area contributed by atoms with Gasteiger partial charge < -0.3 is 15.7 Å². The minimum atomic E-state index is -0.878. The van der Waals surface area contributed by atoms with Gasteiger partial charge in [0.05, 0.1) is 11.6 Å². The zero-order valence-corrected chi connectivity index (χ0v) is 13.2. The van der Waals surface area contributed by atoms with E-state index in [1.807, 2.05) is 13.8 Å². The van der Waals surface area contributed by atoms with Crippen LogP contribution in [0.1, 0.15) is 50.8 Å². The van der Waals surface area contributed by atoms with E-state index in [0.29, 0.717) is 24.0 Å². The highest BCUT2D eigenvalue weighted by atomic mass is 19.1. The van der Waals surface area contributed by atoms with Crippen molar-refractivity contribution in [3.63, 3.8) is 0 Å². The lowest BCUT2D eigenvalue weighted by Gasteiger charge is -2.26. The Morgan fingerprint density at radius 3 is 2.52 bits per heavy atom. The summed E-state index contributed by atoms with van der Waals surface area (Å²) in [5.41, 5.74) is 0.400. The molecule has 0 heterocycles. The number of carbonyl (C=O) groups is 1. The number of aryl methyl sites for hydroxylation is 1. The van der Waals surface area contributed by atoms with Crippen LogP contribution in [0.4, 0.5) is 9.18 Å². The highest BCUT2D eigenvalue weighted by Gasteiger charge is 2.23. The van der Waals surface area contributed by atoms with Crippen molar-refractivity contribution in [2.24, 2.45) is 0 Å². The lowest BCUT2D eigenvalue weighted by atomic mass is 9.98. The maximum Gasteiger partial charge on any atom is 0.315 e. The molecule has 1 atom stereocenters. The van der Waals surface area contributed by atoms with E-state index in [9.17, 15) is 14.3 Å². The molecular weight excluding hydrogens is 271 g/mol. The molecule has 0 aliphatic rings. The molecule has 4 nitrogen and oxygen atoms in total. The van der Waals surface area contributed by atoms with Gasteiger partial charge in [-0.1, -0.05) is 26.0 Å². The highest BCUT2D eigenvalue weighted by molar-refractivity contribution is 5.74. The number of benzene rings is 1. The van der Waals surface area contributed by atoms with E-state index in [2.05, 4.69) is 10.6 Å². The Hall–Kier alpha value is -1.62.